The van der Waals surface area contributed by atoms with Gasteiger partial charge < -0.3 is 34.5 Å². The fourth-order valence-electron chi connectivity index (χ4n) is 3.91. The van der Waals surface area contributed by atoms with Crippen LogP contribution in [0, 0.1) is 0 Å². The van der Waals surface area contributed by atoms with Crippen molar-refractivity contribution in [1.82, 2.24) is 25.3 Å². The van der Waals surface area contributed by atoms with Gasteiger partial charge in [0.25, 0.3) is 5.91 Å². The number of alkyl halides is 1. The minimum absolute atomic E-state index is 0.0221. The molecule has 0 saturated carbocycles. The third kappa shape index (κ3) is 5.74. The Morgan fingerprint density at radius 1 is 1.22 bits per heavy atom. The van der Waals surface area contributed by atoms with E-state index in [9.17, 15) is 14.7 Å². The summed E-state index contributed by atoms with van der Waals surface area (Å²) in [6, 6.07) is 2.79. The first-order valence-electron chi connectivity index (χ1n) is 11.0. The molecule has 15 heteroatoms. The molecule has 3 N–H and O–H groups in total. The van der Waals surface area contributed by atoms with E-state index in [1.165, 1.54) is 20.3 Å². The van der Waals surface area contributed by atoms with Crippen molar-refractivity contribution in [3.05, 3.63) is 33.4 Å². The number of carbonyl (C=O) groups excluding carboxylic acids is 1. The summed E-state index contributed by atoms with van der Waals surface area (Å²) >= 11 is 13.0. The maximum absolute atomic E-state index is 12.8. The quantitative estimate of drug-likeness (QED) is 0.327. The van der Waals surface area contributed by atoms with E-state index in [1.54, 1.807) is 13.2 Å². The number of piperidine rings is 1. The summed E-state index contributed by atoms with van der Waals surface area (Å²) in [6.45, 7) is 0.853. The molecule has 37 heavy (non-hydrogen) atoms. The number of hydrogen-bond donors (Lipinski definition) is 3. The number of halogens is 2. The second kappa shape index (κ2) is 11.5. The van der Waals surface area contributed by atoms with Crippen molar-refractivity contribution in [3.63, 3.8) is 0 Å². The summed E-state index contributed by atoms with van der Waals surface area (Å²) in [6.07, 6.45) is 0.124. The van der Waals surface area contributed by atoms with Crippen LogP contribution in [0.15, 0.2) is 12.1 Å². The molecule has 3 aromatic rings. The maximum Gasteiger partial charge on any atom is 0.348 e. The van der Waals surface area contributed by atoms with Gasteiger partial charge in [0.15, 0.2) is 11.0 Å². The highest BCUT2D eigenvalue weighted by atomic mass is 35.5. The Kier molecular flexibility index (Phi) is 8.37. The molecule has 1 fully saturated rings. The number of thiazole rings is 1. The second-order valence-corrected chi connectivity index (χ2v) is 9.65. The van der Waals surface area contributed by atoms with Gasteiger partial charge in [0, 0.05) is 25.9 Å². The van der Waals surface area contributed by atoms with Gasteiger partial charge in [-0.05, 0) is 12.5 Å². The van der Waals surface area contributed by atoms with E-state index < -0.39 is 12.1 Å². The highest BCUT2D eigenvalue weighted by Crippen LogP contribution is 2.35. The van der Waals surface area contributed by atoms with E-state index in [0.29, 0.717) is 30.3 Å². The lowest BCUT2D eigenvalue weighted by Gasteiger charge is -2.37. The van der Waals surface area contributed by atoms with Crippen LogP contribution in [0.25, 0.3) is 11.5 Å². The minimum Gasteiger partial charge on any atom is -0.481 e. The molecular weight excluding hydrogens is 547 g/mol. The van der Waals surface area contributed by atoms with Crippen LogP contribution in [0.3, 0.4) is 0 Å². The van der Waals surface area contributed by atoms with E-state index in [2.05, 4.69) is 25.3 Å². The van der Waals surface area contributed by atoms with Crippen LogP contribution in [0.2, 0.25) is 5.02 Å². The Balaban J connectivity index is 1.55. The van der Waals surface area contributed by atoms with Gasteiger partial charge in [-0.15, -0.1) is 11.6 Å². The molecule has 0 bridgehead atoms. The van der Waals surface area contributed by atoms with E-state index in [-0.39, 0.29) is 56.7 Å². The minimum atomic E-state index is -1.16. The highest BCUT2D eigenvalue weighted by Gasteiger charge is 2.34. The molecule has 2 atom stereocenters. The van der Waals surface area contributed by atoms with Crippen molar-refractivity contribution >= 4 is 51.5 Å². The Morgan fingerprint density at radius 3 is 2.49 bits per heavy atom. The molecule has 3 aromatic heterocycles. The number of H-pyrrole nitrogens is 1. The number of hydrogen-bond acceptors (Lipinski definition) is 10. The zero-order valence-electron chi connectivity index (χ0n) is 20.1. The van der Waals surface area contributed by atoms with Crippen molar-refractivity contribution in [1.29, 1.82) is 0 Å². The number of aromatic nitrogens is 4. The lowest BCUT2D eigenvalue weighted by molar-refractivity contribution is 0.0540. The lowest BCUT2D eigenvalue weighted by atomic mass is 10.0. The molecule has 0 unspecified atom stereocenters. The fraction of sp³-hybridized carbons (Fsp3) is 0.409. The van der Waals surface area contributed by atoms with Gasteiger partial charge >= 0.3 is 5.97 Å². The van der Waals surface area contributed by atoms with Crippen molar-refractivity contribution in [2.24, 2.45) is 0 Å². The molecule has 12 nitrogen and oxygen atoms in total. The molecule has 1 amide bonds. The molecular formula is C22H24Cl2N6O6S. The van der Waals surface area contributed by atoms with Crippen molar-refractivity contribution in [3.8, 4) is 23.3 Å². The molecule has 1 saturated heterocycles. The van der Waals surface area contributed by atoms with E-state index in [4.69, 9.17) is 37.4 Å². The van der Waals surface area contributed by atoms with Gasteiger partial charge in [0.05, 0.1) is 43.3 Å². The summed E-state index contributed by atoms with van der Waals surface area (Å²) in [5, 5.41) is 13.5. The average Bonchev–Trinajstić information content (AvgIpc) is 3.52. The summed E-state index contributed by atoms with van der Waals surface area (Å²) in [5.41, 5.74) is 0.978. The van der Waals surface area contributed by atoms with Gasteiger partial charge in [0.2, 0.25) is 11.8 Å². The van der Waals surface area contributed by atoms with Crippen molar-refractivity contribution in [2.45, 2.75) is 24.4 Å². The van der Waals surface area contributed by atoms with Crippen molar-refractivity contribution in [2.75, 3.05) is 39.3 Å². The molecule has 198 valence electrons. The largest absolute Gasteiger partial charge is 0.481 e. The number of nitrogens with zero attached hydrogens (tertiary/aromatic N) is 4. The normalized spacial score (nSPS) is 17.5. The molecule has 4 rings (SSSR count). The number of aromatic amines is 1. The smallest absolute Gasteiger partial charge is 0.348 e. The standard InChI is InChI=1S/C22H24Cl2N6O6S/c1-34-13-9-30(5-4-12(13)26-20(31)16-11(24)6-10(8-23)25-16)22-29-17(18(37-22)21(32)33)19-27-14(35-2)7-15(28-19)36-3/h6-7,12-13,25H,4-5,8-9H2,1-3H3,(H,26,31)(H,32,33)/t12-,13+/m1/s1. The van der Waals surface area contributed by atoms with Gasteiger partial charge in [-0.25, -0.2) is 9.78 Å². The number of aromatic carboxylic acids is 1. The van der Waals surface area contributed by atoms with Gasteiger partial charge in [-0.1, -0.05) is 22.9 Å². The number of ether oxygens (including phenoxy) is 3. The van der Waals surface area contributed by atoms with Crippen LogP contribution in [0.1, 0.15) is 32.3 Å². The first kappa shape index (κ1) is 26.9. The fourth-order valence-corrected chi connectivity index (χ4v) is 5.26. The lowest BCUT2D eigenvalue weighted by Crippen LogP contribution is -2.55. The third-order valence-corrected chi connectivity index (χ3v) is 7.45. The topological polar surface area (TPSA) is 152 Å². The molecule has 0 aromatic carbocycles. The SMILES string of the molecule is COc1cc(OC)nc(-c2nc(N3CC[C@@H](NC(=O)c4[nH]c(CCl)cc4Cl)[C@@H](OC)C3)sc2C(=O)O)n1. The molecule has 1 aliphatic rings. The number of anilines is 1. The Labute approximate surface area is 225 Å². The highest BCUT2D eigenvalue weighted by molar-refractivity contribution is 7.17. The Morgan fingerprint density at radius 2 is 1.92 bits per heavy atom. The summed E-state index contributed by atoms with van der Waals surface area (Å²) in [4.78, 5) is 42.7. The molecule has 4 heterocycles. The zero-order chi connectivity index (χ0) is 26.7. The van der Waals surface area contributed by atoms with E-state index >= 15 is 0 Å². The van der Waals surface area contributed by atoms with E-state index in [1.807, 2.05) is 4.90 Å². The molecule has 0 radical (unpaired) electrons. The number of methoxy groups -OCH3 is 3. The van der Waals surface area contributed by atoms with Crippen LogP contribution in [-0.2, 0) is 10.6 Å². The number of carboxylic acids is 1. The van der Waals surface area contributed by atoms with Gasteiger partial charge in [-0.3, -0.25) is 4.79 Å². The third-order valence-electron chi connectivity index (χ3n) is 5.76. The number of amides is 1. The summed E-state index contributed by atoms with van der Waals surface area (Å²) in [5.74, 6) is -0.827. The predicted molar refractivity (Wildman–Crippen MR) is 137 cm³/mol. The van der Waals surface area contributed by atoms with Gasteiger partial charge in [-0.2, -0.15) is 9.97 Å². The second-order valence-electron chi connectivity index (χ2n) is 8.00. The summed E-state index contributed by atoms with van der Waals surface area (Å²) in [7, 11) is 4.42. The summed E-state index contributed by atoms with van der Waals surface area (Å²) < 4.78 is 16.0. The number of rotatable bonds is 9. The molecule has 1 aliphatic heterocycles. The monoisotopic (exact) mass is 570 g/mol. The van der Waals surface area contributed by atoms with Gasteiger partial charge in [0.1, 0.15) is 16.3 Å². The Bertz CT molecular complexity index is 1280. The van der Waals surface area contributed by atoms with Crippen LogP contribution >= 0.6 is 34.5 Å². The Hall–Kier alpha value is -3.13. The number of carboxylic acid groups (broad SMARTS) is 1. The molecule has 0 spiro atoms. The van der Waals surface area contributed by atoms with Crippen LogP contribution < -0.4 is 19.7 Å². The average molecular weight is 571 g/mol. The number of carbonyl (C=O) groups is 2. The van der Waals surface area contributed by atoms with Crippen LogP contribution in [0.4, 0.5) is 5.13 Å². The van der Waals surface area contributed by atoms with Crippen LogP contribution in [0.5, 0.6) is 11.8 Å². The maximum atomic E-state index is 12.8. The predicted octanol–water partition coefficient (Wildman–Crippen LogP) is 3.06. The van der Waals surface area contributed by atoms with Crippen molar-refractivity contribution < 1.29 is 28.9 Å². The molecule has 0 aliphatic carbocycles. The first-order chi connectivity index (χ1) is 17.8. The number of nitrogens with one attached hydrogen (secondary N) is 2. The first-order valence-corrected chi connectivity index (χ1v) is 12.7. The van der Waals surface area contributed by atoms with E-state index in [0.717, 1.165) is 11.3 Å². The zero-order valence-corrected chi connectivity index (χ0v) is 22.4. The van der Waals surface area contributed by atoms with Crippen LogP contribution in [-0.4, -0.2) is 83.5 Å².